The Kier molecular flexibility index (Phi) is 4.17. The molecule has 2 atom stereocenters. The number of rotatable bonds is 4. The number of hydrogen-bond acceptors (Lipinski definition) is 1. The van der Waals surface area contributed by atoms with Crippen molar-refractivity contribution in [2.24, 2.45) is 0 Å². The van der Waals surface area contributed by atoms with Crippen LogP contribution in [-0.4, -0.2) is 7.05 Å². The van der Waals surface area contributed by atoms with Gasteiger partial charge in [0.05, 0.1) is 0 Å². The molecule has 1 nitrogen and oxygen atoms in total. The van der Waals surface area contributed by atoms with Crippen molar-refractivity contribution in [3.05, 3.63) is 71.3 Å². The summed E-state index contributed by atoms with van der Waals surface area (Å²) in [6, 6.07) is 20.3. The van der Waals surface area contributed by atoms with Gasteiger partial charge in [-0.25, -0.2) is 0 Å². The van der Waals surface area contributed by atoms with Crippen molar-refractivity contribution in [2.45, 2.75) is 37.6 Å². The molecular weight excluding hydrogens is 242 g/mol. The van der Waals surface area contributed by atoms with Gasteiger partial charge in [0, 0.05) is 6.04 Å². The van der Waals surface area contributed by atoms with E-state index in [1.165, 1.54) is 31.2 Å². The van der Waals surface area contributed by atoms with E-state index in [1.807, 2.05) is 0 Å². The molecular formula is C19H23N. The van der Waals surface area contributed by atoms with E-state index >= 15 is 0 Å². The van der Waals surface area contributed by atoms with Crippen molar-refractivity contribution < 1.29 is 0 Å². The van der Waals surface area contributed by atoms with Crippen LogP contribution < -0.4 is 5.32 Å². The first-order valence-electron chi connectivity index (χ1n) is 7.68. The number of nitrogens with one attached hydrogen (secondary N) is 1. The lowest BCUT2D eigenvalue weighted by Gasteiger charge is -2.29. The third kappa shape index (κ3) is 2.78. The molecule has 0 radical (unpaired) electrons. The van der Waals surface area contributed by atoms with Crippen molar-refractivity contribution >= 4 is 0 Å². The monoisotopic (exact) mass is 265 g/mol. The molecule has 1 heteroatoms. The van der Waals surface area contributed by atoms with E-state index in [1.54, 1.807) is 11.1 Å². The molecule has 2 unspecified atom stereocenters. The summed E-state index contributed by atoms with van der Waals surface area (Å²) in [6.45, 7) is 0. The quantitative estimate of drug-likeness (QED) is 0.860. The lowest BCUT2D eigenvalue weighted by Crippen LogP contribution is -2.21. The van der Waals surface area contributed by atoms with Gasteiger partial charge in [-0.05, 0) is 55.3 Å². The van der Waals surface area contributed by atoms with Crippen molar-refractivity contribution in [3.63, 3.8) is 0 Å². The fourth-order valence-electron chi connectivity index (χ4n) is 3.49. The minimum absolute atomic E-state index is 0.451. The van der Waals surface area contributed by atoms with E-state index in [9.17, 15) is 0 Å². The van der Waals surface area contributed by atoms with Gasteiger partial charge < -0.3 is 5.32 Å². The van der Waals surface area contributed by atoms with Gasteiger partial charge in [-0.15, -0.1) is 0 Å². The summed E-state index contributed by atoms with van der Waals surface area (Å²) < 4.78 is 0. The van der Waals surface area contributed by atoms with Crippen molar-refractivity contribution in [1.82, 2.24) is 5.32 Å². The van der Waals surface area contributed by atoms with Crippen LogP contribution in [0.4, 0.5) is 0 Å². The Morgan fingerprint density at radius 3 is 2.60 bits per heavy atom. The van der Waals surface area contributed by atoms with Crippen LogP contribution in [0, 0.1) is 0 Å². The van der Waals surface area contributed by atoms with Gasteiger partial charge in [-0.1, -0.05) is 54.6 Å². The standard InChI is InChI=1S/C19H23N/c1-20-19(16-9-3-2-4-10-16)14-17-12-7-11-15-8-5-6-13-18(15)17/h2-6,8-10,13,17,19-20H,7,11-12,14H2,1H3. The average molecular weight is 265 g/mol. The van der Waals surface area contributed by atoms with Crippen LogP contribution in [-0.2, 0) is 6.42 Å². The highest BCUT2D eigenvalue weighted by atomic mass is 14.9. The predicted octanol–water partition coefficient (Wildman–Crippen LogP) is 4.46. The van der Waals surface area contributed by atoms with Gasteiger partial charge in [0.1, 0.15) is 0 Å². The van der Waals surface area contributed by atoms with Crippen LogP contribution >= 0.6 is 0 Å². The topological polar surface area (TPSA) is 12.0 Å². The van der Waals surface area contributed by atoms with Crippen LogP contribution in [0.25, 0.3) is 0 Å². The zero-order valence-electron chi connectivity index (χ0n) is 12.2. The maximum Gasteiger partial charge on any atom is 0.0323 e. The molecule has 0 heterocycles. The molecule has 104 valence electrons. The van der Waals surface area contributed by atoms with Gasteiger partial charge in [-0.2, -0.15) is 0 Å². The zero-order valence-corrected chi connectivity index (χ0v) is 12.2. The van der Waals surface area contributed by atoms with Crippen LogP contribution in [0.3, 0.4) is 0 Å². The van der Waals surface area contributed by atoms with Crippen LogP contribution in [0.1, 0.15) is 47.9 Å². The molecule has 1 aliphatic carbocycles. The fourth-order valence-corrected chi connectivity index (χ4v) is 3.49. The third-order valence-corrected chi connectivity index (χ3v) is 4.56. The lowest BCUT2D eigenvalue weighted by molar-refractivity contribution is 0.440. The number of hydrogen-bond donors (Lipinski definition) is 1. The average Bonchev–Trinajstić information content (AvgIpc) is 2.53. The van der Waals surface area contributed by atoms with Crippen molar-refractivity contribution in [2.75, 3.05) is 7.05 Å². The molecule has 1 aliphatic rings. The number of fused-ring (bicyclic) bond motifs is 1. The first kappa shape index (κ1) is 13.4. The summed E-state index contributed by atoms with van der Waals surface area (Å²) in [7, 11) is 2.08. The molecule has 2 aromatic rings. The second-order valence-electron chi connectivity index (χ2n) is 5.78. The highest BCUT2D eigenvalue weighted by molar-refractivity contribution is 5.33. The molecule has 0 saturated heterocycles. The molecule has 0 aromatic heterocycles. The van der Waals surface area contributed by atoms with Gasteiger partial charge in [0.15, 0.2) is 0 Å². The summed E-state index contributed by atoms with van der Waals surface area (Å²) in [5, 5.41) is 3.50. The highest BCUT2D eigenvalue weighted by Gasteiger charge is 2.23. The summed E-state index contributed by atoms with van der Waals surface area (Å²) in [5.41, 5.74) is 4.54. The molecule has 1 N–H and O–H groups in total. The normalized spacial score (nSPS) is 19.4. The molecule has 0 amide bonds. The largest absolute Gasteiger partial charge is 0.313 e. The van der Waals surface area contributed by atoms with E-state index < -0.39 is 0 Å². The first-order valence-corrected chi connectivity index (χ1v) is 7.68. The second kappa shape index (κ2) is 6.23. The summed E-state index contributed by atoms with van der Waals surface area (Å²) in [5.74, 6) is 0.692. The SMILES string of the molecule is CNC(CC1CCCc2ccccc21)c1ccccc1. The molecule has 0 bridgehead atoms. The smallest absolute Gasteiger partial charge is 0.0323 e. The predicted molar refractivity (Wildman–Crippen MR) is 85.0 cm³/mol. The minimum atomic E-state index is 0.451. The van der Waals surface area contributed by atoms with Crippen molar-refractivity contribution in [1.29, 1.82) is 0 Å². The number of benzene rings is 2. The van der Waals surface area contributed by atoms with E-state index in [2.05, 4.69) is 67.0 Å². The van der Waals surface area contributed by atoms with Crippen LogP contribution in [0.2, 0.25) is 0 Å². The maximum absolute atomic E-state index is 3.50. The Hall–Kier alpha value is -1.60. The third-order valence-electron chi connectivity index (χ3n) is 4.56. The molecule has 2 aromatic carbocycles. The van der Waals surface area contributed by atoms with Gasteiger partial charge >= 0.3 is 0 Å². The molecule has 0 aliphatic heterocycles. The van der Waals surface area contributed by atoms with Crippen LogP contribution in [0.15, 0.2) is 54.6 Å². The van der Waals surface area contributed by atoms with Gasteiger partial charge in [0.25, 0.3) is 0 Å². The second-order valence-corrected chi connectivity index (χ2v) is 5.78. The first-order chi connectivity index (χ1) is 9.88. The van der Waals surface area contributed by atoms with E-state index in [4.69, 9.17) is 0 Å². The summed E-state index contributed by atoms with van der Waals surface area (Å²) in [6.07, 6.45) is 5.09. The Balaban J connectivity index is 1.81. The maximum atomic E-state index is 3.50. The summed E-state index contributed by atoms with van der Waals surface area (Å²) >= 11 is 0. The molecule has 3 rings (SSSR count). The Morgan fingerprint density at radius 2 is 1.80 bits per heavy atom. The minimum Gasteiger partial charge on any atom is -0.313 e. The Bertz CT molecular complexity index is 547. The summed E-state index contributed by atoms with van der Waals surface area (Å²) in [4.78, 5) is 0. The zero-order chi connectivity index (χ0) is 13.8. The molecule has 0 fully saturated rings. The van der Waals surface area contributed by atoms with Crippen molar-refractivity contribution in [3.8, 4) is 0 Å². The Morgan fingerprint density at radius 1 is 1.05 bits per heavy atom. The van der Waals surface area contributed by atoms with Gasteiger partial charge in [-0.3, -0.25) is 0 Å². The fraction of sp³-hybridized carbons (Fsp3) is 0.368. The molecule has 0 spiro atoms. The highest BCUT2D eigenvalue weighted by Crippen LogP contribution is 2.37. The Labute approximate surface area is 122 Å². The molecule has 20 heavy (non-hydrogen) atoms. The van der Waals surface area contributed by atoms with Gasteiger partial charge in [0.2, 0.25) is 0 Å². The lowest BCUT2D eigenvalue weighted by atomic mass is 9.79. The van der Waals surface area contributed by atoms with E-state index in [-0.39, 0.29) is 0 Å². The van der Waals surface area contributed by atoms with Crippen LogP contribution in [0.5, 0.6) is 0 Å². The molecule has 0 saturated carbocycles. The van der Waals surface area contributed by atoms with E-state index in [0.717, 1.165) is 0 Å². The van der Waals surface area contributed by atoms with E-state index in [0.29, 0.717) is 12.0 Å². The number of aryl methyl sites for hydroxylation is 1.